The zero-order valence-corrected chi connectivity index (χ0v) is 16.3. The van der Waals surface area contributed by atoms with Crippen molar-refractivity contribution in [3.8, 4) is 11.5 Å². The molecule has 2 N–H and O–H groups in total. The van der Waals surface area contributed by atoms with E-state index in [1.807, 2.05) is 24.3 Å². The van der Waals surface area contributed by atoms with Crippen LogP contribution in [0.25, 0.3) is 10.8 Å². The zero-order valence-electron chi connectivity index (χ0n) is 16.3. The van der Waals surface area contributed by atoms with E-state index in [0.717, 1.165) is 10.8 Å². The molecule has 0 aliphatic heterocycles. The van der Waals surface area contributed by atoms with Gasteiger partial charge in [-0.15, -0.1) is 0 Å². The number of carbonyl (C=O) groups excluding carboxylic acids is 2. The van der Waals surface area contributed by atoms with E-state index in [2.05, 4.69) is 20.8 Å². The molecule has 0 bridgehead atoms. The van der Waals surface area contributed by atoms with Crippen LogP contribution in [0.2, 0.25) is 0 Å². The van der Waals surface area contributed by atoms with E-state index in [1.165, 1.54) is 6.92 Å². The minimum Gasteiger partial charge on any atom is -0.457 e. The summed E-state index contributed by atoms with van der Waals surface area (Å²) in [5.41, 5.74) is 1.16. The molecule has 4 rings (SSSR count). The third-order valence-corrected chi connectivity index (χ3v) is 4.21. The Balaban J connectivity index is 1.56. The number of amides is 2. The molecule has 0 aliphatic rings. The number of hydrogen-bond donors (Lipinski definition) is 2. The molecular weight excluding hydrogens is 384 g/mol. The lowest BCUT2D eigenvalue weighted by atomic mass is 10.1. The molecule has 30 heavy (non-hydrogen) atoms. The van der Waals surface area contributed by atoms with Crippen LogP contribution in [0.3, 0.4) is 0 Å². The Morgan fingerprint density at radius 3 is 2.50 bits per heavy atom. The first-order valence-corrected chi connectivity index (χ1v) is 9.16. The number of anilines is 2. The number of fused-ring (bicyclic) bond motifs is 1. The lowest BCUT2D eigenvalue weighted by molar-refractivity contribution is -0.114. The van der Waals surface area contributed by atoms with E-state index in [4.69, 9.17) is 9.26 Å². The summed E-state index contributed by atoms with van der Waals surface area (Å²) in [5.74, 6) is 1.31. The third-order valence-electron chi connectivity index (χ3n) is 4.21. The summed E-state index contributed by atoms with van der Waals surface area (Å²) in [4.78, 5) is 27.8. The van der Waals surface area contributed by atoms with Gasteiger partial charge in [-0.1, -0.05) is 17.3 Å². The van der Waals surface area contributed by atoms with E-state index in [0.29, 0.717) is 34.5 Å². The molecule has 4 aromatic rings. The summed E-state index contributed by atoms with van der Waals surface area (Å²) in [6.45, 7) is 3.19. The molecular formula is C22H18N4O4. The Bertz CT molecular complexity index is 1250. The van der Waals surface area contributed by atoms with Crippen LogP contribution >= 0.6 is 0 Å². The van der Waals surface area contributed by atoms with Crippen LogP contribution in [0.15, 0.2) is 65.3 Å². The summed E-state index contributed by atoms with van der Waals surface area (Å²) in [6, 6.07) is 15.9. The van der Waals surface area contributed by atoms with Crippen molar-refractivity contribution in [3.63, 3.8) is 0 Å². The number of ether oxygens (including phenoxy) is 1. The van der Waals surface area contributed by atoms with Crippen molar-refractivity contribution in [1.82, 2.24) is 10.1 Å². The van der Waals surface area contributed by atoms with Gasteiger partial charge in [-0.05, 0) is 48.0 Å². The monoisotopic (exact) mass is 402 g/mol. The van der Waals surface area contributed by atoms with Crippen LogP contribution in [-0.4, -0.2) is 22.0 Å². The number of nitrogens with one attached hydrogen (secondary N) is 2. The number of hydrogen-bond acceptors (Lipinski definition) is 6. The van der Waals surface area contributed by atoms with Gasteiger partial charge < -0.3 is 14.6 Å². The summed E-state index contributed by atoms with van der Waals surface area (Å²) in [5, 5.41) is 10.8. The second-order valence-corrected chi connectivity index (χ2v) is 6.67. The van der Waals surface area contributed by atoms with Crippen LogP contribution in [0.5, 0.6) is 11.5 Å². The predicted octanol–water partition coefficient (Wildman–Crippen LogP) is 4.53. The molecule has 2 aromatic heterocycles. The number of nitrogens with zero attached hydrogens (tertiary/aromatic N) is 2. The topological polar surface area (TPSA) is 106 Å². The highest BCUT2D eigenvalue weighted by atomic mass is 16.5. The fourth-order valence-electron chi connectivity index (χ4n) is 2.90. The van der Waals surface area contributed by atoms with Crippen molar-refractivity contribution in [2.24, 2.45) is 0 Å². The Labute approximate surface area is 171 Å². The molecule has 0 radical (unpaired) electrons. The molecule has 0 atom stereocenters. The molecule has 2 heterocycles. The van der Waals surface area contributed by atoms with Crippen molar-refractivity contribution in [2.45, 2.75) is 13.8 Å². The van der Waals surface area contributed by atoms with Crippen LogP contribution in [0.1, 0.15) is 23.0 Å². The molecule has 8 nitrogen and oxygen atoms in total. The highest BCUT2D eigenvalue weighted by Crippen LogP contribution is 2.27. The van der Waals surface area contributed by atoms with Crippen molar-refractivity contribution < 1.29 is 18.8 Å². The van der Waals surface area contributed by atoms with Gasteiger partial charge in [0.2, 0.25) is 11.8 Å². The Morgan fingerprint density at radius 1 is 0.933 bits per heavy atom. The normalized spacial score (nSPS) is 10.6. The molecule has 150 valence electrons. The number of aryl methyl sites for hydroxylation is 1. The van der Waals surface area contributed by atoms with Gasteiger partial charge in [-0.25, -0.2) is 4.98 Å². The van der Waals surface area contributed by atoms with E-state index in [9.17, 15) is 9.59 Å². The number of benzene rings is 2. The molecule has 2 aromatic carbocycles. The first kappa shape index (κ1) is 19.1. The Hall–Kier alpha value is -4.20. The van der Waals surface area contributed by atoms with Gasteiger partial charge in [0.1, 0.15) is 17.3 Å². The van der Waals surface area contributed by atoms with Crippen molar-refractivity contribution >= 4 is 34.3 Å². The van der Waals surface area contributed by atoms with Gasteiger partial charge in [0.05, 0.1) is 5.69 Å². The summed E-state index contributed by atoms with van der Waals surface area (Å²) in [6.07, 6.45) is 1.55. The van der Waals surface area contributed by atoms with E-state index >= 15 is 0 Å². The van der Waals surface area contributed by atoms with Gasteiger partial charge in [-0.2, -0.15) is 0 Å². The standard InChI is InChI=1S/C22H18N4O4/c1-13-9-21(30-26-13)25-22(28)16-4-3-15-5-6-18(11-17(15)10-16)29-19-7-8-23-20(12-19)24-14(2)27/h3-12H,1-2H3,(H,25,28)(H,23,24,27). The molecule has 0 fully saturated rings. The molecule has 0 saturated heterocycles. The van der Waals surface area contributed by atoms with Gasteiger partial charge >= 0.3 is 0 Å². The largest absolute Gasteiger partial charge is 0.457 e. The van der Waals surface area contributed by atoms with Crippen LogP contribution in [0.4, 0.5) is 11.7 Å². The van der Waals surface area contributed by atoms with Crippen LogP contribution in [0, 0.1) is 6.92 Å². The van der Waals surface area contributed by atoms with E-state index in [1.54, 1.807) is 43.5 Å². The van der Waals surface area contributed by atoms with Gasteiger partial charge in [0, 0.05) is 30.8 Å². The predicted molar refractivity (Wildman–Crippen MR) is 112 cm³/mol. The minimum absolute atomic E-state index is 0.211. The first-order valence-electron chi connectivity index (χ1n) is 9.16. The van der Waals surface area contributed by atoms with Gasteiger partial charge in [-0.3, -0.25) is 14.9 Å². The van der Waals surface area contributed by atoms with Crippen molar-refractivity contribution in [2.75, 3.05) is 10.6 Å². The summed E-state index contributed by atoms with van der Waals surface area (Å²) < 4.78 is 10.9. The maximum absolute atomic E-state index is 12.5. The second kappa shape index (κ2) is 8.04. The highest BCUT2D eigenvalue weighted by molar-refractivity contribution is 6.06. The minimum atomic E-state index is -0.298. The van der Waals surface area contributed by atoms with Gasteiger partial charge in [0.15, 0.2) is 0 Å². The average Bonchev–Trinajstić information content (AvgIpc) is 3.11. The fourth-order valence-corrected chi connectivity index (χ4v) is 2.90. The molecule has 0 unspecified atom stereocenters. The number of carbonyl (C=O) groups is 2. The quantitative estimate of drug-likeness (QED) is 0.508. The Kier molecular flexibility index (Phi) is 5.13. The van der Waals surface area contributed by atoms with Crippen molar-refractivity contribution in [3.05, 3.63) is 72.1 Å². The van der Waals surface area contributed by atoms with Crippen molar-refractivity contribution in [1.29, 1.82) is 0 Å². The maximum Gasteiger partial charge on any atom is 0.258 e. The smallest absolute Gasteiger partial charge is 0.258 e. The first-order chi connectivity index (χ1) is 14.5. The van der Waals surface area contributed by atoms with Gasteiger partial charge in [0.25, 0.3) is 5.91 Å². The molecule has 8 heteroatoms. The molecule has 0 spiro atoms. The average molecular weight is 402 g/mol. The van der Waals surface area contributed by atoms with Crippen LogP contribution < -0.4 is 15.4 Å². The molecule has 0 aliphatic carbocycles. The lowest BCUT2D eigenvalue weighted by Gasteiger charge is -2.09. The second-order valence-electron chi connectivity index (χ2n) is 6.67. The van der Waals surface area contributed by atoms with Crippen LogP contribution in [-0.2, 0) is 4.79 Å². The maximum atomic E-state index is 12.5. The number of rotatable bonds is 5. The highest BCUT2D eigenvalue weighted by Gasteiger charge is 2.10. The van der Waals surface area contributed by atoms with E-state index < -0.39 is 0 Å². The SMILES string of the molecule is CC(=O)Nc1cc(Oc2ccc3ccc(C(=O)Nc4cc(C)no4)cc3c2)ccn1. The zero-order chi connectivity index (χ0) is 21.1. The lowest BCUT2D eigenvalue weighted by Crippen LogP contribution is -2.11. The van der Waals surface area contributed by atoms with E-state index in [-0.39, 0.29) is 11.8 Å². The molecule has 2 amide bonds. The number of aromatic nitrogens is 2. The molecule has 0 saturated carbocycles. The Morgan fingerprint density at radius 2 is 1.73 bits per heavy atom. The number of pyridine rings is 1. The summed E-state index contributed by atoms with van der Waals surface area (Å²) >= 11 is 0. The summed E-state index contributed by atoms with van der Waals surface area (Å²) in [7, 11) is 0. The fraction of sp³-hybridized carbons (Fsp3) is 0.0909. The third kappa shape index (κ3) is 4.44.